The third-order valence-corrected chi connectivity index (χ3v) is 4.95. The summed E-state index contributed by atoms with van der Waals surface area (Å²) in [5.74, 6) is 0.240. The quantitative estimate of drug-likeness (QED) is 0.521. The molecule has 0 radical (unpaired) electrons. The van der Waals surface area contributed by atoms with Gasteiger partial charge in [0.15, 0.2) is 5.82 Å². The summed E-state index contributed by atoms with van der Waals surface area (Å²) in [6.45, 7) is -0.0201. The number of aromatic nitrogens is 3. The van der Waals surface area contributed by atoms with Crippen molar-refractivity contribution in [1.29, 1.82) is 0 Å². The predicted octanol–water partition coefficient (Wildman–Crippen LogP) is 4.50. The van der Waals surface area contributed by atoms with Crippen LogP contribution < -0.4 is 5.32 Å². The van der Waals surface area contributed by atoms with E-state index < -0.39 is 11.7 Å². The number of amides is 1. The molecule has 2 aromatic heterocycles. The van der Waals surface area contributed by atoms with Crippen LogP contribution in [0.5, 0.6) is 0 Å². The molecule has 0 saturated heterocycles. The van der Waals surface area contributed by atoms with Gasteiger partial charge in [-0.1, -0.05) is 24.3 Å². The number of nitrogens with one attached hydrogen (secondary N) is 1. The lowest BCUT2D eigenvalue weighted by molar-refractivity contribution is -0.137. The van der Waals surface area contributed by atoms with Gasteiger partial charge in [0.2, 0.25) is 5.91 Å². The largest absolute Gasteiger partial charge is 0.416 e. The fourth-order valence-electron chi connectivity index (χ4n) is 3.01. The molecule has 1 amide bonds. The van der Waals surface area contributed by atoms with Crippen LogP contribution in [0.2, 0.25) is 0 Å². The summed E-state index contributed by atoms with van der Waals surface area (Å²) in [6, 6.07) is 12.3. The van der Waals surface area contributed by atoms with Gasteiger partial charge < -0.3 is 9.88 Å². The fraction of sp³-hybridized carbons (Fsp3) is 0.150. The molecule has 2 heterocycles. The minimum atomic E-state index is -4.42. The highest BCUT2D eigenvalue weighted by Gasteiger charge is 2.30. The molecule has 0 aliphatic rings. The highest BCUT2D eigenvalue weighted by molar-refractivity contribution is 7.07. The van der Waals surface area contributed by atoms with Crippen LogP contribution in [0.3, 0.4) is 0 Å². The van der Waals surface area contributed by atoms with Crippen molar-refractivity contribution in [3.63, 3.8) is 0 Å². The van der Waals surface area contributed by atoms with Crippen molar-refractivity contribution in [2.24, 2.45) is 0 Å². The van der Waals surface area contributed by atoms with Crippen molar-refractivity contribution in [1.82, 2.24) is 19.9 Å². The Balaban J connectivity index is 1.53. The Hall–Kier alpha value is -3.20. The molecule has 0 aliphatic heterocycles. The lowest BCUT2D eigenvalue weighted by Crippen LogP contribution is -2.27. The Morgan fingerprint density at radius 2 is 1.97 bits per heavy atom. The molecule has 0 aliphatic carbocycles. The summed E-state index contributed by atoms with van der Waals surface area (Å²) in [5.41, 5.74) is 3.51. The topological polar surface area (TPSA) is 59.8 Å². The fourth-order valence-corrected chi connectivity index (χ4v) is 3.54. The second kappa shape index (κ2) is 7.67. The van der Waals surface area contributed by atoms with Crippen LogP contribution in [0, 0.1) is 0 Å². The van der Waals surface area contributed by atoms with Crippen LogP contribution in [0.1, 0.15) is 11.1 Å². The van der Waals surface area contributed by atoms with Crippen LogP contribution in [-0.2, 0) is 24.1 Å². The van der Waals surface area contributed by atoms with Crippen molar-refractivity contribution in [3.05, 3.63) is 70.5 Å². The number of nitrogens with zero attached hydrogens (tertiary/aromatic N) is 3. The summed E-state index contributed by atoms with van der Waals surface area (Å²) in [4.78, 5) is 21.4. The van der Waals surface area contributed by atoms with Gasteiger partial charge in [-0.05, 0) is 29.8 Å². The maximum absolute atomic E-state index is 12.8. The molecule has 148 valence electrons. The van der Waals surface area contributed by atoms with E-state index in [1.807, 2.05) is 29.6 Å². The van der Waals surface area contributed by atoms with E-state index in [2.05, 4.69) is 15.3 Å². The van der Waals surface area contributed by atoms with Crippen LogP contribution in [0.15, 0.2) is 59.4 Å². The first-order valence-corrected chi connectivity index (χ1v) is 9.63. The molecule has 0 saturated carbocycles. The lowest BCUT2D eigenvalue weighted by atomic mass is 10.1. The average molecular weight is 416 g/mol. The summed E-state index contributed by atoms with van der Waals surface area (Å²) >= 11 is 1.43. The summed E-state index contributed by atoms with van der Waals surface area (Å²) in [5, 5.41) is 4.53. The average Bonchev–Trinajstić information content (AvgIpc) is 3.34. The van der Waals surface area contributed by atoms with E-state index in [1.165, 1.54) is 17.4 Å². The zero-order valence-electron chi connectivity index (χ0n) is 15.0. The molecule has 0 atom stereocenters. The normalized spacial score (nSPS) is 11.7. The van der Waals surface area contributed by atoms with Crippen LogP contribution in [0.25, 0.3) is 22.6 Å². The smallest absolute Gasteiger partial charge is 0.350 e. The molecule has 1 N–H and O–H groups in total. The molecule has 2 aromatic carbocycles. The number of fused-ring (bicyclic) bond motifs is 1. The number of halogens is 3. The minimum Gasteiger partial charge on any atom is -0.350 e. The number of imidazole rings is 1. The van der Waals surface area contributed by atoms with E-state index in [0.717, 1.165) is 23.2 Å². The second-order valence-electron chi connectivity index (χ2n) is 6.36. The number of thiazole rings is 1. The number of hydrogen-bond donors (Lipinski definition) is 1. The van der Waals surface area contributed by atoms with E-state index in [0.29, 0.717) is 17.1 Å². The molecule has 5 nitrogen and oxygen atoms in total. The van der Waals surface area contributed by atoms with Gasteiger partial charge in [0, 0.05) is 11.9 Å². The predicted molar refractivity (Wildman–Crippen MR) is 104 cm³/mol. The molecule has 9 heteroatoms. The van der Waals surface area contributed by atoms with E-state index in [1.54, 1.807) is 16.1 Å². The third-order valence-electron chi connectivity index (χ3n) is 4.36. The molecular formula is C20H15F3N4OS. The van der Waals surface area contributed by atoms with E-state index in [-0.39, 0.29) is 19.0 Å². The number of rotatable bonds is 5. The lowest BCUT2D eigenvalue weighted by Gasteiger charge is -2.11. The van der Waals surface area contributed by atoms with Crippen molar-refractivity contribution in [2.75, 3.05) is 0 Å². The molecular weight excluding hydrogens is 401 g/mol. The van der Waals surface area contributed by atoms with E-state index >= 15 is 0 Å². The van der Waals surface area contributed by atoms with Crippen molar-refractivity contribution in [3.8, 4) is 11.5 Å². The van der Waals surface area contributed by atoms with Gasteiger partial charge in [0.1, 0.15) is 12.2 Å². The number of hydrogen-bond acceptors (Lipinski definition) is 4. The highest BCUT2D eigenvalue weighted by atomic mass is 32.1. The zero-order chi connectivity index (χ0) is 20.4. The highest BCUT2D eigenvalue weighted by Crippen LogP contribution is 2.29. The van der Waals surface area contributed by atoms with Gasteiger partial charge in [-0.15, -0.1) is 11.3 Å². The van der Waals surface area contributed by atoms with Crippen molar-refractivity contribution < 1.29 is 18.0 Å². The Morgan fingerprint density at radius 3 is 2.72 bits per heavy atom. The molecule has 0 spiro atoms. The summed E-state index contributed by atoms with van der Waals surface area (Å²) in [7, 11) is 0. The zero-order valence-corrected chi connectivity index (χ0v) is 15.8. The minimum absolute atomic E-state index is 0.00141. The Labute approximate surface area is 167 Å². The number of carbonyl (C=O) groups is 1. The van der Waals surface area contributed by atoms with E-state index in [9.17, 15) is 18.0 Å². The van der Waals surface area contributed by atoms with Gasteiger partial charge >= 0.3 is 6.18 Å². The standard InChI is InChI=1S/C20H15F3N4OS/c21-20(22,23)14-5-3-4-13(8-14)9-24-18(28)10-27-17-7-2-1-6-15(17)26-19(27)16-11-29-12-25-16/h1-8,11-12H,9-10H2,(H,24,28). The number of benzene rings is 2. The van der Waals surface area contributed by atoms with Gasteiger partial charge in [-0.2, -0.15) is 13.2 Å². The molecule has 0 fully saturated rings. The number of carbonyl (C=O) groups excluding carboxylic acids is 1. The molecule has 0 unspecified atom stereocenters. The summed E-state index contributed by atoms with van der Waals surface area (Å²) in [6.07, 6.45) is -4.42. The molecule has 4 aromatic rings. The third kappa shape index (κ3) is 4.14. The summed E-state index contributed by atoms with van der Waals surface area (Å²) < 4.78 is 40.3. The molecule has 0 bridgehead atoms. The van der Waals surface area contributed by atoms with Gasteiger partial charge in [-0.25, -0.2) is 9.97 Å². The van der Waals surface area contributed by atoms with E-state index in [4.69, 9.17) is 0 Å². The maximum Gasteiger partial charge on any atom is 0.416 e. The van der Waals surface area contributed by atoms with Crippen molar-refractivity contribution in [2.45, 2.75) is 19.3 Å². The number of alkyl halides is 3. The van der Waals surface area contributed by atoms with Gasteiger partial charge in [0.05, 0.1) is 22.1 Å². The van der Waals surface area contributed by atoms with Crippen LogP contribution in [0.4, 0.5) is 13.2 Å². The Morgan fingerprint density at radius 1 is 1.14 bits per heavy atom. The number of para-hydroxylation sites is 2. The first-order valence-electron chi connectivity index (χ1n) is 8.68. The van der Waals surface area contributed by atoms with Gasteiger partial charge in [-0.3, -0.25) is 4.79 Å². The van der Waals surface area contributed by atoms with Gasteiger partial charge in [0.25, 0.3) is 0 Å². The Kier molecular flexibility index (Phi) is 5.06. The first-order chi connectivity index (χ1) is 13.9. The maximum atomic E-state index is 12.8. The first kappa shape index (κ1) is 19.1. The molecule has 4 rings (SSSR count). The Bertz CT molecular complexity index is 1150. The van der Waals surface area contributed by atoms with Crippen LogP contribution in [-0.4, -0.2) is 20.4 Å². The SMILES string of the molecule is O=C(Cn1c(-c2cscn2)nc2ccccc21)NCc1cccc(C(F)(F)F)c1. The second-order valence-corrected chi connectivity index (χ2v) is 7.08. The van der Waals surface area contributed by atoms with Crippen molar-refractivity contribution >= 4 is 28.3 Å². The molecule has 29 heavy (non-hydrogen) atoms. The monoisotopic (exact) mass is 416 g/mol. The van der Waals surface area contributed by atoms with Crippen LogP contribution >= 0.6 is 11.3 Å².